The molecule has 0 saturated heterocycles. The Morgan fingerprint density at radius 2 is 2.29 bits per heavy atom. The summed E-state index contributed by atoms with van der Waals surface area (Å²) in [6.45, 7) is 4.79. The van der Waals surface area contributed by atoms with E-state index in [0.29, 0.717) is 0 Å². The van der Waals surface area contributed by atoms with E-state index >= 15 is 0 Å². The lowest BCUT2D eigenvalue weighted by Gasteiger charge is -2.43. The van der Waals surface area contributed by atoms with Crippen LogP contribution in [0.2, 0.25) is 0 Å². The maximum absolute atomic E-state index is 5.58. The van der Waals surface area contributed by atoms with Gasteiger partial charge in [0.2, 0.25) is 5.13 Å². The van der Waals surface area contributed by atoms with E-state index < -0.39 is 0 Å². The Bertz CT molecular complexity index is 358. The predicted molar refractivity (Wildman–Crippen MR) is 67.5 cm³/mol. The average molecular weight is 257 g/mol. The number of anilines is 1. The van der Waals surface area contributed by atoms with Crippen molar-refractivity contribution >= 4 is 16.7 Å². The van der Waals surface area contributed by atoms with Gasteiger partial charge in [-0.3, -0.25) is 0 Å². The molecule has 1 aromatic rings. The van der Waals surface area contributed by atoms with Crippen molar-refractivity contribution < 1.29 is 9.47 Å². The molecule has 1 fully saturated rings. The molecule has 0 radical (unpaired) electrons. The van der Waals surface area contributed by atoms with Crippen molar-refractivity contribution in [2.75, 3.05) is 19.0 Å². The van der Waals surface area contributed by atoms with Gasteiger partial charge in [0, 0.05) is 31.7 Å². The topological polar surface area (TPSA) is 56.3 Å². The SMILES string of the molecule is CCOC1CC(Nc2nc(CC)ns2)C1OC. The lowest BCUT2D eigenvalue weighted by atomic mass is 9.85. The molecule has 1 aliphatic rings. The second-order valence-corrected chi connectivity index (χ2v) is 4.80. The molecule has 0 amide bonds. The fourth-order valence-corrected chi connectivity index (χ4v) is 2.74. The van der Waals surface area contributed by atoms with Crippen molar-refractivity contribution in [2.24, 2.45) is 0 Å². The van der Waals surface area contributed by atoms with Crippen molar-refractivity contribution in [3.63, 3.8) is 0 Å². The summed E-state index contributed by atoms with van der Waals surface area (Å²) in [5, 5.41) is 4.24. The number of methoxy groups -OCH3 is 1. The van der Waals surface area contributed by atoms with Gasteiger partial charge in [-0.2, -0.15) is 4.37 Å². The molecule has 2 rings (SSSR count). The first-order valence-corrected chi connectivity index (χ1v) is 6.79. The molecule has 0 bridgehead atoms. The predicted octanol–water partition coefficient (Wildman–Crippen LogP) is 1.70. The lowest BCUT2D eigenvalue weighted by molar-refractivity contribution is -0.118. The molecule has 5 nitrogen and oxygen atoms in total. The molecule has 1 N–H and O–H groups in total. The number of rotatable bonds is 6. The van der Waals surface area contributed by atoms with Crippen molar-refractivity contribution in [1.29, 1.82) is 0 Å². The molecule has 1 saturated carbocycles. The molecule has 3 atom stereocenters. The molecule has 3 unspecified atom stereocenters. The maximum atomic E-state index is 5.58. The van der Waals surface area contributed by atoms with Crippen LogP contribution >= 0.6 is 11.5 Å². The van der Waals surface area contributed by atoms with E-state index in [1.165, 1.54) is 11.5 Å². The summed E-state index contributed by atoms with van der Waals surface area (Å²) in [4.78, 5) is 4.39. The Morgan fingerprint density at radius 1 is 1.47 bits per heavy atom. The summed E-state index contributed by atoms with van der Waals surface area (Å²) in [5.41, 5.74) is 0. The number of nitrogens with one attached hydrogen (secondary N) is 1. The van der Waals surface area contributed by atoms with Gasteiger partial charge in [-0.1, -0.05) is 6.92 Å². The number of hydrogen-bond donors (Lipinski definition) is 1. The minimum absolute atomic E-state index is 0.115. The van der Waals surface area contributed by atoms with Gasteiger partial charge in [0.25, 0.3) is 0 Å². The summed E-state index contributed by atoms with van der Waals surface area (Å²) >= 11 is 1.41. The number of aromatic nitrogens is 2. The van der Waals surface area contributed by atoms with Crippen LogP contribution in [0, 0.1) is 0 Å². The zero-order valence-corrected chi connectivity index (χ0v) is 11.3. The molecular weight excluding hydrogens is 238 g/mol. The smallest absolute Gasteiger partial charge is 0.202 e. The Morgan fingerprint density at radius 3 is 2.88 bits per heavy atom. The molecular formula is C11H19N3O2S. The fourth-order valence-electron chi connectivity index (χ4n) is 2.03. The second kappa shape index (κ2) is 5.75. The van der Waals surface area contributed by atoms with E-state index in [4.69, 9.17) is 9.47 Å². The Balaban J connectivity index is 1.87. The largest absolute Gasteiger partial charge is 0.377 e. The third-order valence-electron chi connectivity index (χ3n) is 3.00. The summed E-state index contributed by atoms with van der Waals surface area (Å²) in [6, 6.07) is 0.286. The van der Waals surface area contributed by atoms with Crippen molar-refractivity contribution in [3.8, 4) is 0 Å². The summed E-state index contributed by atoms with van der Waals surface area (Å²) in [7, 11) is 1.72. The van der Waals surface area contributed by atoms with Gasteiger partial charge in [-0.15, -0.1) is 0 Å². The summed E-state index contributed by atoms with van der Waals surface area (Å²) in [5.74, 6) is 0.896. The molecule has 6 heteroatoms. The van der Waals surface area contributed by atoms with E-state index in [1.54, 1.807) is 7.11 Å². The molecule has 0 spiro atoms. The zero-order chi connectivity index (χ0) is 12.3. The van der Waals surface area contributed by atoms with Gasteiger partial charge < -0.3 is 14.8 Å². The Labute approximate surface area is 106 Å². The fraction of sp³-hybridized carbons (Fsp3) is 0.818. The van der Waals surface area contributed by atoms with E-state index in [2.05, 4.69) is 21.6 Å². The normalized spacial score (nSPS) is 27.8. The molecule has 1 aromatic heterocycles. The molecule has 96 valence electrons. The highest BCUT2D eigenvalue weighted by Gasteiger charge is 2.42. The first kappa shape index (κ1) is 12.7. The highest BCUT2D eigenvalue weighted by molar-refractivity contribution is 7.09. The number of aryl methyl sites for hydroxylation is 1. The highest BCUT2D eigenvalue weighted by Crippen LogP contribution is 2.30. The third-order valence-corrected chi connectivity index (χ3v) is 3.68. The summed E-state index contributed by atoms with van der Waals surface area (Å²) in [6.07, 6.45) is 2.16. The first-order chi connectivity index (χ1) is 8.28. The minimum atomic E-state index is 0.115. The van der Waals surface area contributed by atoms with Crippen LogP contribution in [0.4, 0.5) is 5.13 Å². The quantitative estimate of drug-likeness (QED) is 0.840. The monoisotopic (exact) mass is 257 g/mol. The van der Waals surface area contributed by atoms with Gasteiger partial charge in [0.05, 0.1) is 12.1 Å². The van der Waals surface area contributed by atoms with Gasteiger partial charge in [0.1, 0.15) is 11.9 Å². The van der Waals surface area contributed by atoms with E-state index in [-0.39, 0.29) is 18.2 Å². The van der Waals surface area contributed by atoms with Gasteiger partial charge in [-0.25, -0.2) is 4.98 Å². The van der Waals surface area contributed by atoms with Crippen LogP contribution in [0.3, 0.4) is 0 Å². The van der Waals surface area contributed by atoms with Crippen molar-refractivity contribution in [3.05, 3.63) is 5.82 Å². The Kier molecular flexibility index (Phi) is 4.31. The van der Waals surface area contributed by atoms with Crippen LogP contribution in [0.5, 0.6) is 0 Å². The molecule has 0 aliphatic heterocycles. The van der Waals surface area contributed by atoms with Gasteiger partial charge in [-0.05, 0) is 13.3 Å². The lowest BCUT2D eigenvalue weighted by Crippen LogP contribution is -2.56. The van der Waals surface area contributed by atoms with E-state index in [1.807, 2.05) is 6.92 Å². The molecule has 0 aromatic carbocycles. The van der Waals surface area contributed by atoms with Gasteiger partial charge >= 0.3 is 0 Å². The molecule has 17 heavy (non-hydrogen) atoms. The zero-order valence-electron chi connectivity index (χ0n) is 10.5. The number of hydrogen-bond acceptors (Lipinski definition) is 6. The van der Waals surface area contributed by atoms with Crippen LogP contribution < -0.4 is 5.32 Å². The van der Waals surface area contributed by atoms with Crippen LogP contribution in [0.1, 0.15) is 26.1 Å². The van der Waals surface area contributed by atoms with E-state index in [9.17, 15) is 0 Å². The van der Waals surface area contributed by atoms with Crippen molar-refractivity contribution in [1.82, 2.24) is 9.36 Å². The standard InChI is InChI=1S/C11H19N3O2S/c1-4-9-13-11(17-14-9)12-7-6-8(16-5-2)10(7)15-3/h7-8,10H,4-6H2,1-3H3,(H,12,13,14). The van der Waals surface area contributed by atoms with Crippen molar-refractivity contribution in [2.45, 2.75) is 44.9 Å². The van der Waals surface area contributed by atoms with Crippen LogP contribution in [0.15, 0.2) is 0 Å². The highest BCUT2D eigenvalue weighted by atomic mass is 32.1. The second-order valence-electron chi connectivity index (χ2n) is 4.05. The average Bonchev–Trinajstić information content (AvgIpc) is 2.76. The number of ether oxygens (including phenoxy) is 2. The third kappa shape index (κ3) is 2.75. The summed E-state index contributed by atoms with van der Waals surface area (Å²) < 4.78 is 15.3. The Hall–Kier alpha value is -0.720. The minimum Gasteiger partial charge on any atom is -0.377 e. The number of nitrogens with zero attached hydrogens (tertiary/aromatic N) is 2. The molecule has 1 heterocycles. The van der Waals surface area contributed by atoms with Crippen LogP contribution in [0.25, 0.3) is 0 Å². The van der Waals surface area contributed by atoms with Crippen LogP contribution in [-0.4, -0.2) is 41.3 Å². The van der Waals surface area contributed by atoms with Gasteiger partial charge in [0.15, 0.2) is 0 Å². The first-order valence-electron chi connectivity index (χ1n) is 6.02. The molecule has 1 aliphatic carbocycles. The maximum Gasteiger partial charge on any atom is 0.202 e. The van der Waals surface area contributed by atoms with E-state index in [0.717, 1.165) is 30.4 Å². The van der Waals surface area contributed by atoms with Crippen LogP contribution in [-0.2, 0) is 15.9 Å².